The average Bonchev–Trinajstić information content (AvgIpc) is 2.68. The maximum Gasteiger partial charge on any atom is 0.266 e. The molecule has 0 saturated carbocycles. The van der Waals surface area contributed by atoms with Gasteiger partial charge in [-0.1, -0.05) is 55.9 Å². The van der Waals surface area contributed by atoms with Gasteiger partial charge in [-0.3, -0.25) is 9.69 Å². The van der Waals surface area contributed by atoms with Gasteiger partial charge in [-0.15, -0.1) is 0 Å². The van der Waals surface area contributed by atoms with E-state index < -0.39 is 5.82 Å². The van der Waals surface area contributed by atoms with Gasteiger partial charge in [-0.05, 0) is 36.1 Å². The summed E-state index contributed by atoms with van der Waals surface area (Å²) in [6, 6.07) is 14.1. The summed E-state index contributed by atoms with van der Waals surface area (Å²) in [7, 11) is 0. The monoisotopic (exact) mass is 386 g/mol. The quantitative estimate of drug-likeness (QED) is 0.728. The van der Waals surface area contributed by atoms with E-state index in [0.29, 0.717) is 17.6 Å². The van der Waals surface area contributed by atoms with Gasteiger partial charge in [0.15, 0.2) is 23.3 Å². The number of nitrogens with zero attached hydrogens (tertiary/aromatic N) is 2. The summed E-state index contributed by atoms with van der Waals surface area (Å²) < 4.78 is 19.1. The Bertz CT molecular complexity index is 838. The Morgan fingerprint density at radius 1 is 1.22 bits per heavy atom. The number of rotatable bonds is 5. The van der Waals surface area contributed by atoms with Crippen molar-refractivity contribution >= 4 is 28.5 Å². The summed E-state index contributed by atoms with van der Waals surface area (Å²) in [4.78, 5) is 19.1. The van der Waals surface area contributed by atoms with E-state index in [1.54, 1.807) is 28.8 Å². The Labute approximate surface area is 163 Å². The highest BCUT2D eigenvalue weighted by Gasteiger charge is 2.24. The van der Waals surface area contributed by atoms with Gasteiger partial charge < -0.3 is 4.74 Å². The van der Waals surface area contributed by atoms with E-state index >= 15 is 0 Å². The number of thioether (sulfide) groups is 1. The predicted molar refractivity (Wildman–Crippen MR) is 108 cm³/mol. The second-order valence-electron chi connectivity index (χ2n) is 6.57. The number of amidine groups is 1. The highest BCUT2D eigenvalue weighted by atomic mass is 32.2. The molecule has 0 radical (unpaired) electrons. The van der Waals surface area contributed by atoms with Gasteiger partial charge in [0.2, 0.25) is 0 Å². The van der Waals surface area contributed by atoms with E-state index in [0.717, 1.165) is 23.4 Å². The number of hydrogen-bond acceptors (Lipinski definition) is 4. The molecule has 0 aromatic heterocycles. The minimum Gasteiger partial charge on any atom is -0.481 e. The first kappa shape index (κ1) is 19.4. The van der Waals surface area contributed by atoms with Crippen LogP contribution in [-0.4, -0.2) is 34.9 Å². The Morgan fingerprint density at radius 3 is 2.74 bits per heavy atom. The molecule has 1 saturated heterocycles. The first-order valence-electron chi connectivity index (χ1n) is 9.04. The summed E-state index contributed by atoms with van der Waals surface area (Å²) in [6.45, 7) is 4.62. The zero-order valence-electron chi connectivity index (χ0n) is 15.5. The van der Waals surface area contributed by atoms with E-state index in [9.17, 15) is 9.18 Å². The summed E-state index contributed by atoms with van der Waals surface area (Å²) in [5.74, 6) is 0.650. The highest BCUT2D eigenvalue weighted by molar-refractivity contribution is 8.13. The SMILES string of the molecule is CC(C)c1ccccc1N=C1SCCCN1C(=O)COc1ccccc1F. The van der Waals surface area contributed by atoms with Crippen molar-refractivity contribution in [2.45, 2.75) is 26.2 Å². The second-order valence-corrected chi connectivity index (χ2v) is 7.64. The van der Waals surface area contributed by atoms with Crippen molar-refractivity contribution in [2.24, 2.45) is 4.99 Å². The van der Waals surface area contributed by atoms with E-state index in [4.69, 9.17) is 9.73 Å². The number of halogens is 1. The number of hydrogen-bond donors (Lipinski definition) is 0. The van der Waals surface area contributed by atoms with Gasteiger partial charge in [0.05, 0.1) is 5.69 Å². The molecule has 0 spiro atoms. The van der Waals surface area contributed by atoms with Gasteiger partial charge in [0, 0.05) is 12.3 Å². The lowest BCUT2D eigenvalue weighted by Gasteiger charge is -2.28. The van der Waals surface area contributed by atoms with Crippen molar-refractivity contribution in [3.8, 4) is 5.75 Å². The molecule has 1 aliphatic rings. The summed E-state index contributed by atoms with van der Waals surface area (Å²) in [5.41, 5.74) is 2.02. The van der Waals surface area contributed by atoms with Crippen molar-refractivity contribution in [2.75, 3.05) is 18.9 Å². The lowest BCUT2D eigenvalue weighted by Crippen LogP contribution is -2.41. The largest absolute Gasteiger partial charge is 0.481 e. The fourth-order valence-electron chi connectivity index (χ4n) is 2.84. The molecule has 0 aliphatic carbocycles. The molecular formula is C21H23FN2O2S. The van der Waals surface area contributed by atoms with Crippen LogP contribution in [-0.2, 0) is 4.79 Å². The molecule has 1 fully saturated rings. The van der Waals surface area contributed by atoms with Crippen LogP contribution in [0, 0.1) is 5.82 Å². The maximum absolute atomic E-state index is 13.7. The summed E-state index contributed by atoms with van der Waals surface area (Å²) in [5, 5.41) is 0.677. The zero-order valence-corrected chi connectivity index (χ0v) is 16.3. The molecule has 0 N–H and O–H groups in total. The third-order valence-electron chi connectivity index (χ3n) is 4.25. The van der Waals surface area contributed by atoms with Crippen LogP contribution in [0.2, 0.25) is 0 Å². The molecule has 1 amide bonds. The number of carbonyl (C=O) groups is 1. The van der Waals surface area contributed by atoms with Crippen molar-refractivity contribution < 1.29 is 13.9 Å². The zero-order chi connectivity index (χ0) is 19.2. The van der Waals surface area contributed by atoms with Crippen molar-refractivity contribution in [1.29, 1.82) is 0 Å². The number of carbonyl (C=O) groups excluding carboxylic acids is 1. The van der Waals surface area contributed by atoms with Crippen molar-refractivity contribution in [1.82, 2.24) is 4.90 Å². The average molecular weight is 386 g/mol. The molecule has 6 heteroatoms. The van der Waals surface area contributed by atoms with Crippen LogP contribution in [0.1, 0.15) is 31.7 Å². The Balaban J connectivity index is 1.77. The van der Waals surface area contributed by atoms with Gasteiger partial charge in [-0.25, -0.2) is 9.38 Å². The molecule has 1 heterocycles. The molecule has 27 heavy (non-hydrogen) atoms. The molecule has 142 valence electrons. The fourth-order valence-corrected chi connectivity index (χ4v) is 3.81. The predicted octanol–water partition coefficient (Wildman–Crippen LogP) is 4.98. The Morgan fingerprint density at radius 2 is 1.96 bits per heavy atom. The van der Waals surface area contributed by atoms with Gasteiger partial charge in [0.1, 0.15) is 0 Å². The minimum absolute atomic E-state index is 0.0826. The third-order valence-corrected chi connectivity index (χ3v) is 5.31. The third kappa shape index (κ3) is 4.89. The van der Waals surface area contributed by atoms with Crippen LogP contribution in [0.3, 0.4) is 0 Å². The van der Waals surface area contributed by atoms with E-state index in [1.807, 2.05) is 18.2 Å². The van der Waals surface area contributed by atoms with E-state index in [2.05, 4.69) is 19.9 Å². The Kier molecular flexibility index (Phi) is 6.50. The number of benzene rings is 2. The van der Waals surface area contributed by atoms with Crippen LogP contribution in [0.15, 0.2) is 53.5 Å². The van der Waals surface area contributed by atoms with Crippen LogP contribution in [0.25, 0.3) is 0 Å². The lowest BCUT2D eigenvalue weighted by atomic mass is 10.0. The first-order valence-corrected chi connectivity index (χ1v) is 10.0. The number of para-hydroxylation sites is 2. The van der Waals surface area contributed by atoms with Crippen LogP contribution < -0.4 is 4.74 Å². The molecule has 3 rings (SSSR count). The molecule has 0 atom stereocenters. The second kappa shape index (κ2) is 9.04. The molecule has 0 unspecified atom stereocenters. The molecule has 2 aromatic carbocycles. The van der Waals surface area contributed by atoms with Crippen molar-refractivity contribution in [3.63, 3.8) is 0 Å². The smallest absolute Gasteiger partial charge is 0.266 e. The lowest BCUT2D eigenvalue weighted by molar-refractivity contribution is -0.129. The Hall–Kier alpha value is -2.34. The fraction of sp³-hybridized carbons (Fsp3) is 0.333. The van der Waals surface area contributed by atoms with Gasteiger partial charge in [0.25, 0.3) is 5.91 Å². The number of amides is 1. The summed E-state index contributed by atoms with van der Waals surface area (Å²) >= 11 is 1.57. The molecule has 4 nitrogen and oxygen atoms in total. The maximum atomic E-state index is 13.7. The number of ether oxygens (including phenoxy) is 1. The molecule has 0 bridgehead atoms. The van der Waals surface area contributed by atoms with Crippen LogP contribution in [0.5, 0.6) is 5.75 Å². The molecular weight excluding hydrogens is 363 g/mol. The normalized spacial score (nSPS) is 16.0. The summed E-state index contributed by atoms with van der Waals surface area (Å²) in [6.07, 6.45) is 0.890. The van der Waals surface area contributed by atoms with Crippen LogP contribution in [0.4, 0.5) is 10.1 Å². The molecule has 1 aliphatic heterocycles. The van der Waals surface area contributed by atoms with Gasteiger partial charge >= 0.3 is 0 Å². The van der Waals surface area contributed by atoms with E-state index in [-0.39, 0.29) is 18.3 Å². The standard InChI is InChI=1S/C21H23FN2O2S/c1-15(2)16-8-3-5-10-18(16)23-21-24(12-7-13-27-21)20(25)14-26-19-11-6-4-9-17(19)22/h3-6,8-11,15H,7,12-14H2,1-2H3. The van der Waals surface area contributed by atoms with Crippen LogP contribution >= 0.6 is 11.8 Å². The topological polar surface area (TPSA) is 41.9 Å². The van der Waals surface area contributed by atoms with E-state index in [1.165, 1.54) is 12.1 Å². The molecule has 2 aromatic rings. The number of aliphatic imine (C=N–C) groups is 1. The highest BCUT2D eigenvalue weighted by Crippen LogP contribution is 2.29. The first-order chi connectivity index (χ1) is 13.1. The minimum atomic E-state index is -0.474. The van der Waals surface area contributed by atoms with Crippen molar-refractivity contribution in [3.05, 3.63) is 59.9 Å². The van der Waals surface area contributed by atoms with Gasteiger partial charge in [-0.2, -0.15) is 0 Å².